The SMILES string of the molecule is CC(C)(C)C1CCN(C[C@H](O)Cn2nc(-c3ccc(C(F)(F)F)c(SCCN4CCC(F)(F)CC4)c3)c3c2CCN(S(C)(=O)=O)C3)CC1. The van der Waals surface area contributed by atoms with Gasteiger partial charge >= 0.3 is 6.18 Å². The van der Waals surface area contributed by atoms with E-state index < -0.39 is 33.8 Å². The van der Waals surface area contributed by atoms with Crippen molar-refractivity contribution in [3.8, 4) is 11.3 Å². The van der Waals surface area contributed by atoms with Crippen LogP contribution in [0.4, 0.5) is 22.0 Å². The lowest BCUT2D eigenvalue weighted by atomic mass is 9.75. The molecule has 1 atom stereocenters. The number of hydrogen-bond donors (Lipinski definition) is 1. The predicted octanol–water partition coefficient (Wildman–Crippen LogP) is 5.83. The normalized spacial score (nSPS) is 21.4. The summed E-state index contributed by atoms with van der Waals surface area (Å²) in [4.78, 5) is 4.10. The summed E-state index contributed by atoms with van der Waals surface area (Å²) >= 11 is 1.02. The number of sulfonamides is 1. The quantitative estimate of drug-likeness (QED) is 0.245. The van der Waals surface area contributed by atoms with Crippen LogP contribution >= 0.6 is 11.8 Å². The second-order valence-electron chi connectivity index (χ2n) is 14.7. The number of nitrogens with zero attached hydrogens (tertiary/aromatic N) is 5. The Labute approximate surface area is 285 Å². The van der Waals surface area contributed by atoms with Crippen LogP contribution in [0.25, 0.3) is 11.3 Å². The molecule has 0 unspecified atom stereocenters. The molecular formula is C33H48F5N5O3S2. The lowest BCUT2D eigenvalue weighted by molar-refractivity contribution is -0.139. The zero-order valence-electron chi connectivity index (χ0n) is 28.2. The van der Waals surface area contributed by atoms with Crippen molar-refractivity contribution < 1.29 is 35.5 Å². The highest BCUT2D eigenvalue weighted by atomic mass is 32.2. The highest BCUT2D eigenvalue weighted by molar-refractivity contribution is 7.99. The van der Waals surface area contributed by atoms with Crippen LogP contribution in [-0.4, -0.2) is 107 Å². The minimum Gasteiger partial charge on any atom is -0.390 e. The maximum atomic E-state index is 14.1. The Kier molecular flexibility index (Phi) is 11.3. The molecular weight excluding hydrogens is 674 g/mol. The van der Waals surface area contributed by atoms with Crippen molar-refractivity contribution in [3.05, 3.63) is 35.0 Å². The number of benzene rings is 1. The second kappa shape index (κ2) is 14.5. The van der Waals surface area contributed by atoms with Crippen molar-refractivity contribution in [2.45, 2.75) is 89.1 Å². The Bertz CT molecular complexity index is 1530. The van der Waals surface area contributed by atoms with E-state index in [1.165, 1.54) is 16.4 Å². The van der Waals surface area contributed by atoms with Gasteiger partial charge < -0.3 is 14.9 Å². The van der Waals surface area contributed by atoms with E-state index in [2.05, 4.69) is 25.7 Å². The summed E-state index contributed by atoms with van der Waals surface area (Å²) < 4.78 is 97.5. The maximum Gasteiger partial charge on any atom is 0.417 e. The molecule has 48 heavy (non-hydrogen) atoms. The minimum absolute atomic E-state index is 0.000104. The molecule has 8 nitrogen and oxygen atoms in total. The summed E-state index contributed by atoms with van der Waals surface area (Å²) in [7, 11) is -3.54. The van der Waals surface area contributed by atoms with E-state index in [-0.39, 0.29) is 61.6 Å². The molecule has 0 spiro atoms. The molecule has 1 aromatic heterocycles. The molecule has 2 aromatic rings. The standard InChI is InChI=1S/C33H48F5N5O3S2/c1-31(2,3)24-7-12-41(13-8-24)20-25(44)21-43-28-9-14-42(48(4,45)46)22-26(28)30(39-43)23-5-6-27(33(36,37)38)29(19-23)47-18-17-40-15-10-32(34,35)11-16-40/h5-6,19,24-25,44H,7-18,20-22H2,1-4H3/t25-/m0/s1. The first kappa shape index (κ1) is 37.5. The van der Waals surface area contributed by atoms with Crippen LogP contribution in [0.15, 0.2) is 23.1 Å². The van der Waals surface area contributed by atoms with Crippen LogP contribution in [0.2, 0.25) is 0 Å². The number of β-amino-alcohol motifs (C(OH)–C–C–N with tert-alkyl or cyclic N) is 1. The highest BCUT2D eigenvalue weighted by Crippen LogP contribution is 2.41. The third-order valence-electron chi connectivity index (χ3n) is 10.0. The van der Waals surface area contributed by atoms with Crippen molar-refractivity contribution >= 4 is 21.8 Å². The van der Waals surface area contributed by atoms with Gasteiger partial charge in [-0.15, -0.1) is 11.8 Å². The van der Waals surface area contributed by atoms with E-state index >= 15 is 0 Å². The van der Waals surface area contributed by atoms with Crippen LogP contribution in [0, 0.1) is 11.3 Å². The molecule has 0 aliphatic carbocycles. The van der Waals surface area contributed by atoms with Gasteiger partial charge in [-0.2, -0.15) is 22.6 Å². The number of piperidine rings is 2. The van der Waals surface area contributed by atoms with E-state index in [0.29, 0.717) is 42.2 Å². The maximum absolute atomic E-state index is 14.1. The van der Waals surface area contributed by atoms with Crippen LogP contribution < -0.4 is 0 Å². The molecule has 1 aromatic carbocycles. The molecule has 5 rings (SSSR count). The van der Waals surface area contributed by atoms with Crippen molar-refractivity contribution in [1.82, 2.24) is 23.9 Å². The first-order valence-corrected chi connectivity index (χ1v) is 19.5. The fraction of sp³-hybridized carbons (Fsp3) is 0.727. The molecule has 15 heteroatoms. The summed E-state index contributed by atoms with van der Waals surface area (Å²) in [6.07, 6.45) is -2.27. The fourth-order valence-electron chi connectivity index (χ4n) is 7.08. The minimum atomic E-state index is -4.61. The Morgan fingerprint density at radius 2 is 1.69 bits per heavy atom. The number of halogens is 5. The summed E-state index contributed by atoms with van der Waals surface area (Å²) in [6.45, 7) is 10.2. The monoisotopic (exact) mass is 721 g/mol. The lowest BCUT2D eigenvalue weighted by Crippen LogP contribution is -2.42. The smallest absolute Gasteiger partial charge is 0.390 e. The zero-order chi connectivity index (χ0) is 35.1. The molecule has 0 bridgehead atoms. The number of likely N-dealkylation sites (tertiary alicyclic amines) is 2. The van der Waals surface area contributed by atoms with E-state index in [4.69, 9.17) is 5.10 Å². The molecule has 2 fully saturated rings. The van der Waals surface area contributed by atoms with Gasteiger partial charge in [-0.25, -0.2) is 17.2 Å². The molecule has 3 aliphatic rings. The fourth-order valence-corrected chi connectivity index (χ4v) is 8.99. The largest absolute Gasteiger partial charge is 0.417 e. The van der Waals surface area contributed by atoms with Crippen molar-refractivity contribution in [1.29, 1.82) is 0 Å². The Hall–Kier alpha value is -1.78. The summed E-state index contributed by atoms with van der Waals surface area (Å²) in [5.74, 6) is -1.80. The van der Waals surface area contributed by atoms with Gasteiger partial charge in [0.25, 0.3) is 5.92 Å². The first-order valence-electron chi connectivity index (χ1n) is 16.7. The van der Waals surface area contributed by atoms with Crippen LogP contribution in [0.5, 0.6) is 0 Å². The number of fused-ring (bicyclic) bond motifs is 1. The number of aliphatic hydroxyl groups excluding tert-OH is 1. The van der Waals surface area contributed by atoms with Crippen LogP contribution in [0.1, 0.15) is 63.3 Å². The van der Waals surface area contributed by atoms with E-state index in [0.717, 1.165) is 55.7 Å². The predicted molar refractivity (Wildman–Crippen MR) is 178 cm³/mol. The molecule has 1 N–H and O–H groups in total. The molecule has 0 amide bonds. The molecule has 270 valence electrons. The van der Waals surface area contributed by atoms with E-state index in [9.17, 15) is 35.5 Å². The molecule has 4 heterocycles. The first-order chi connectivity index (χ1) is 22.3. The van der Waals surface area contributed by atoms with Crippen LogP contribution in [-0.2, 0) is 35.7 Å². The average Bonchev–Trinajstić information content (AvgIpc) is 3.34. The third-order valence-corrected chi connectivity index (χ3v) is 12.3. The van der Waals surface area contributed by atoms with Gasteiger partial charge in [0.15, 0.2) is 0 Å². The van der Waals surface area contributed by atoms with E-state index in [1.807, 2.05) is 4.90 Å². The number of rotatable bonds is 10. The summed E-state index contributed by atoms with van der Waals surface area (Å²) in [5.41, 5.74) is 1.65. The summed E-state index contributed by atoms with van der Waals surface area (Å²) in [6, 6.07) is 3.83. The van der Waals surface area contributed by atoms with Gasteiger partial charge in [-0.1, -0.05) is 26.8 Å². The third kappa shape index (κ3) is 9.30. The Balaban J connectivity index is 1.37. The number of alkyl halides is 5. The zero-order valence-corrected chi connectivity index (χ0v) is 29.8. The molecule has 0 saturated carbocycles. The van der Waals surface area contributed by atoms with E-state index in [1.54, 1.807) is 4.68 Å². The van der Waals surface area contributed by atoms with Gasteiger partial charge in [0, 0.05) is 86.0 Å². The molecule has 2 saturated heterocycles. The molecule has 0 radical (unpaired) electrons. The number of aromatic nitrogens is 2. The van der Waals surface area contributed by atoms with Crippen LogP contribution in [0.3, 0.4) is 0 Å². The Morgan fingerprint density at radius 1 is 1.02 bits per heavy atom. The van der Waals surface area contributed by atoms with Gasteiger partial charge in [0.1, 0.15) is 0 Å². The van der Waals surface area contributed by atoms with Gasteiger partial charge in [-0.05, 0) is 49.4 Å². The van der Waals surface area contributed by atoms with Gasteiger partial charge in [0.05, 0.1) is 30.2 Å². The molecule has 3 aliphatic heterocycles. The summed E-state index contributed by atoms with van der Waals surface area (Å²) in [5, 5.41) is 16.0. The highest BCUT2D eigenvalue weighted by Gasteiger charge is 2.37. The second-order valence-corrected chi connectivity index (χ2v) is 17.8. The van der Waals surface area contributed by atoms with Crippen molar-refractivity contribution in [3.63, 3.8) is 0 Å². The topological polar surface area (TPSA) is 81.9 Å². The number of aliphatic hydroxyl groups is 1. The average molecular weight is 722 g/mol. The van der Waals surface area contributed by atoms with Crippen molar-refractivity contribution in [2.75, 3.05) is 57.8 Å². The Morgan fingerprint density at radius 3 is 2.29 bits per heavy atom. The number of thioether (sulfide) groups is 1. The van der Waals surface area contributed by atoms with Gasteiger partial charge in [0.2, 0.25) is 10.0 Å². The van der Waals surface area contributed by atoms with Crippen molar-refractivity contribution in [2.24, 2.45) is 11.3 Å². The van der Waals surface area contributed by atoms with Gasteiger partial charge in [-0.3, -0.25) is 4.68 Å². The number of hydrogen-bond acceptors (Lipinski definition) is 7. The lowest BCUT2D eigenvalue weighted by Gasteiger charge is -2.39.